The second-order valence-corrected chi connectivity index (χ2v) is 5.71. The highest BCUT2D eigenvalue weighted by Gasteiger charge is 2.29. The molecule has 1 heterocycles. The Morgan fingerprint density at radius 1 is 1.12 bits per heavy atom. The molecule has 0 aliphatic carbocycles. The number of fused-ring (bicyclic) bond motifs is 1. The van der Waals surface area contributed by atoms with Gasteiger partial charge in [0.2, 0.25) is 5.91 Å². The first kappa shape index (κ1) is 17.0. The molecule has 0 saturated carbocycles. The van der Waals surface area contributed by atoms with Crippen molar-refractivity contribution in [3.8, 4) is 11.1 Å². The molecule has 25 heavy (non-hydrogen) atoms. The summed E-state index contributed by atoms with van der Waals surface area (Å²) >= 11 is 0. The summed E-state index contributed by atoms with van der Waals surface area (Å²) in [5, 5.41) is 10.4. The SMILES string of the molecule is CCCC(=O)Nc1n[nH]c2cc(-c3ccc(C(F)(F)F)cc3)ccc12. The lowest BCUT2D eigenvalue weighted by molar-refractivity contribution is -0.137. The number of hydrogen-bond acceptors (Lipinski definition) is 2. The highest BCUT2D eigenvalue weighted by Crippen LogP contribution is 2.32. The molecule has 0 radical (unpaired) electrons. The number of benzene rings is 2. The molecule has 0 aliphatic rings. The molecule has 3 rings (SSSR count). The molecule has 2 N–H and O–H groups in total. The van der Waals surface area contributed by atoms with Crippen molar-refractivity contribution in [2.24, 2.45) is 0 Å². The van der Waals surface area contributed by atoms with E-state index in [-0.39, 0.29) is 5.91 Å². The second-order valence-electron chi connectivity index (χ2n) is 5.71. The Morgan fingerprint density at radius 3 is 2.44 bits per heavy atom. The van der Waals surface area contributed by atoms with Gasteiger partial charge in [-0.3, -0.25) is 9.89 Å². The Kier molecular flexibility index (Phi) is 4.48. The van der Waals surface area contributed by atoms with E-state index in [9.17, 15) is 18.0 Å². The molecule has 0 aliphatic heterocycles. The van der Waals surface area contributed by atoms with E-state index in [0.717, 1.165) is 29.5 Å². The van der Waals surface area contributed by atoms with Gasteiger partial charge in [0.25, 0.3) is 0 Å². The van der Waals surface area contributed by atoms with Gasteiger partial charge in [0.15, 0.2) is 5.82 Å². The molecule has 1 aromatic heterocycles. The van der Waals surface area contributed by atoms with E-state index in [0.29, 0.717) is 23.3 Å². The van der Waals surface area contributed by atoms with Crippen molar-refractivity contribution in [1.29, 1.82) is 0 Å². The van der Waals surface area contributed by atoms with Crippen LogP contribution in [0.1, 0.15) is 25.3 Å². The van der Waals surface area contributed by atoms with E-state index < -0.39 is 11.7 Å². The lowest BCUT2D eigenvalue weighted by Gasteiger charge is -2.08. The molecular weight excluding hydrogens is 331 g/mol. The molecule has 0 unspecified atom stereocenters. The second kappa shape index (κ2) is 6.58. The van der Waals surface area contributed by atoms with E-state index in [2.05, 4.69) is 15.5 Å². The van der Waals surface area contributed by atoms with Crippen molar-refractivity contribution in [1.82, 2.24) is 10.2 Å². The smallest absolute Gasteiger partial charge is 0.309 e. The minimum atomic E-state index is -4.35. The van der Waals surface area contributed by atoms with Gasteiger partial charge in [-0.2, -0.15) is 18.3 Å². The summed E-state index contributed by atoms with van der Waals surface area (Å²) < 4.78 is 37.9. The quantitative estimate of drug-likeness (QED) is 0.699. The number of aromatic nitrogens is 2. The number of aromatic amines is 1. The first-order valence-electron chi connectivity index (χ1n) is 7.84. The number of carbonyl (C=O) groups excluding carboxylic acids is 1. The van der Waals surface area contributed by atoms with Crippen LogP contribution in [0.2, 0.25) is 0 Å². The highest BCUT2D eigenvalue weighted by atomic mass is 19.4. The Balaban J connectivity index is 1.88. The van der Waals surface area contributed by atoms with Gasteiger partial charge in [-0.05, 0) is 41.8 Å². The van der Waals surface area contributed by atoms with Crippen LogP contribution in [-0.4, -0.2) is 16.1 Å². The third-order valence-electron chi connectivity index (χ3n) is 3.84. The van der Waals surface area contributed by atoms with E-state index in [1.54, 1.807) is 18.2 Å². The van der Waals surface area contributed by atoms with Crippen LogP contribution in [0, 0.1) is 0 Å². The maximum atomic E-state index is 12.6. The Labute approximate surface area is 142 Å². The van der Waals surface area contributed by atoms with E-state index in [1.807, 2.05) is 6.92 Å². The third kappa shape index (κ3) is 3.65. The molecule has 7 heteroatoms. The molecule has 0 bridgehead atoms. The van der Waals surface area contributed by atoms with Gasteiger partial charge in [0.1, 0.15) is 0 Å². The van der Waals surface area contributed by atoms with Gasteiger partial charge in [-0.15, -0.1) is 0 Å². The fourth-order valence-electron chi connectivity index (χ4n) is 2.57. The van der Waals surface area contributed by atoms with Crippen LogP contribution < -0.4 is 5.32 Å². The van der Waals surface area contributed by atoms with E-state index in [4.69, 9.17) is 0 Å². The van der Waals surface area contributed by atoms with Crippen LogP contribution in [0.3, 0.4) is 0 Å². The first-order valence-corrected chi connectivity index (χ1v) is 7.84. The maximum absolute atomic E-state index is 12.6. The van der Waals surface area contributed by atoms with E-state index >= 15 is 0 Å². The Morgan fingerprint density at radius 2 is 1.80 bits per heavy atom. The van der Waals surface area contributed by atoms with Crippen LogP contribution in [0.5, 0.6) is 0 Å². The molecular formula is C18H16F3N3O. The Bertz CT molecular complexity index is 898. The number of nitrogens with zero attached hydrogens (tertiary/aromatic N) is 1. The fraction of sp³-hybridized carbons (Fsp3) is 0.222. The number of nitrogens with one attached hydrogen (secondary N) is 2. The fourth-order valence-corrected chi connectivity index (χ4v) is 2.57. The summed E-state index contributed by atoms with van der Waals surface area (Å²) in [6.45, 7) is 1.92. The summed E-state index contributed by atoms with van der Waals surface area (Å²) in [5.41, 5.74) is 1.45. The monoisotopic (exact) mass is 347 g/mol. The molecule has 0 saturated heterocycles. The lowest BCUT2D eigenvalue weighted by atomic mass is 10.0. The van der Waals surface area contributed by atoms with Gasteiger partial charge in [-0.1, -0.05) is 25.1 Å². The molecule has 3 aromatic rings. The topological polar surface area (TPSA) is 57.8 Å². The average Bonchev–Trinajstić information content (AvgIpc) is 2.96. The number of anilines is 1. The number of rotatable bonds is 4. The summed E-state index contributed by atoms with van der Waals surface area (Å²) in [4.78, 5) is 11.7. The van der Waals surface area contributed by atoms with Crippen molar-refractivity contribution < 1.29 is 18.0 Å². The minimum Gasteiger partial charge on any atom is -0.309 e. The highest BCUT2D eigenvalue weighted by molar-refractivity contribution is 6.00. The molecule has 2 aromatic carbocycles. The van der Waals surface area contributed by atoms with Gasteiger partial charge in [0, 0.05) is 11.8 Å². The molecule has 130 valence electrons. The van der Waals surface area contributed by atoms with Crippen LogP contribution in [0.25, 0.3) is 22.0 Å². The van der Waals surface area contributed by atoms with Gasteiger partial charge in [-0.25, -0.2) is 0 Å². The van der Waals surface area contributed by atoms with Crippen molar-refractivity contribution in [2.75, 3.05) is 5.32 Å². The van der Waals surface area contributed by atoms with Gasteiger partial charge < -0.3 is 5.32 Å². The largest absolute Gasteiger partial charge is 0.416 e. The van der Waals surface area contributed by atoms with Crippen LogP contribution in [0.4, 0.5) is 19.0 Å². The number of carbonyl (C=O) groups is 1. The maximum Gasteiger partial charge on any atom is 0.416 e. The average molecular weight is 347 g/mol. The third-order valence-corrected chi connectivity index (χ3v) is 3.84. The standard InChI is InChI=1S/C18H16F3N3O/c1-2-3-16(25)22-17-14-9-6-12(10-15(14)23-24-17)11-4-7-13(8-5-11)18(19,20)21/h4-10H,2-3H2,1H3,(H2,22,23,24,25). The number of amides is 1. The van der Waals surface area contributed by atoms with Crippen LogP contribution in [-0.2, 0) is 11.0 Å². The molecule has 4 nitrogen and oxygen atoms in total. The van der Waals surface area contributed by atoms with Gasteiger partial charge >= 0.3 is 6.18 Å². The predicted octanol–water partition coefficient (Wildman–Crippen LogP) is 4.99. The Hall–Kier alpha value is -2.83. The summed E-state index contributed by atoms with van der Waals surface area (Å²) in [6.07, 6.45) is -3.19. The number of hydrogen-bond donors (Lipinski definition) is 2. The minimum absolute atomic E-state index is 0.109. The van der Waals surface area contributed by atoms with E-state index in [1.165, 1.54) is 12.1 Å². The molecule has 0 atom stereocenters. The zero-order chi connectivity index (χ0) is 18.0. The zero-order valence-electron chi connectivity index (χ0n) is 13.4. The van der Waals surface area contributed by atoms with Crippen molar-refractivity contribution >= 4 is 22.6 Å². The number of alkyl halides is 3. The van der Waals surface area contributed by atoms with Crippen LogP contribution >= 0.6 is 0 Å². The molecule has 0 fully saturated rings. The summed E-state index contributed by atoms with van der Waals surface area (Å²) in [7, 11) is 0. The van der Waals surface area contributed by atoms with Gasteiger partial charge in [0.05, 0.1) is 11.1 Å². The normalized spacial score (nSPS) is 11.7. The summed E-state index contributed by atoms with van der Waals surface area (Å²) in [6, 6.07) is 10.4. The molecule has 0 spiro atoms. The molecule has 1 amide bonds. The van der Waals surface area contributed by atoms with Crippen LogP contribution in [0.15, 0.2) is 42.5 Å². The number of halogens is 3. The summed E-state index contributed by atoms with van der Waals surface area (Å²) in [5.74, 6) is 0.343. The zero-order valence-corrected chi connectivity index (χ0v) is 13.4. The van der Waals surface area contributed by atoms with Crippen molar-refractivity contribution in [3.63, 3.8) is 0 Å². The van der Waals surface area contributed by atoms with Crippen molar-refractivity contribution in [3.05, 3.63) is 48.0 Å². The first-order chi connectivity index (χ1) is 11.9. The number of H-pyrrole nitrogens is 1. The predicted molar refractivity (Wildman–Crippen MR) is 90.1 cm³/mol. The van der Waals surface area contributed by atoms with Crippen molar-refractivity contribution in [2.45, 2.75) is 25.9 Å². The lowest BCUT2D eigenvalue weighted by Crippen LogP contribution is -2.10.